The molecule has 0 N–H and O–H groups in total. The molecule has 2 aromatic carbocycles. The van der Waals surface area contributed by atoms with Gasteiger partial charge in [-0.2, -0.15) is 0 Å². The Kier molecular flexibility index (Phi) is 5.13. The quantitative estimate of drug-likeness (QED) is 0.785. The third-order valence-electron chi connectivity index (χ3n) is 5.97. The number of carbonyl (C=O) groups is 2. The number of hydrogen-bond acceptors (Lipinski definition) is 3. The highest BCUT2D eigenvalue weighted by molar-refractivity contribution is 5.95. The molecular formula is C23H26FN3O2. The van der Waals surface area contributed by atoms with Crippen LogP contribution < -0.4 is 0 Å². The van der Waals surface area contributed by atoms with Crippen molar-refractivity contribution in [1.82, 2.24) is 14.7 Å². The van der Waals surface area contributed by atoms with Crippen molar-refractivity contribution in [3.05, 3.63) is 71.5 Å². The van der Waals surface area contributed by atoms with Crippen LogP contribution in [0.1, 0.15) is 34.6 Å². The number of hydrogen-bond donors (Lipinski definition) is 0. The van der Waals surface area contributed by atoms with E-state index < -0.39 is 5.82 Å². The summed E-state index contributed by atoms with van der Waals surface area (Å²) >= 11 is 0. The van der Waals surface area contributed by atoms with E-state index >= 15 is 0 Å². The van der Waals surface area contributed by atoms with Gasteiger partial charge in [0.05, 0.1) is 5.56 Å². The number of fused-ring (bicyclic) bond motifs is 1. The molecule has 5 nitrogen and oxygen atoms in total. The normalized spacial score (nSPS) is 21.6. The highest BCUT2D eigenvalue weighted by atomic mass is 19.1. The molecule has 2 aliphatic rings. The van der Waals surface area contributed by atoms with E-state index in [1.807, 2.05) is 35.2 Å². The first-order chi connectivity index (χ1) is 13.9. The molecule has 0 spiro atoms. The van der Waals surface area contributed by atoms with Crippen molar-refractivity contribution >= 4 is 11.8 Å². The first-order valence-electron chi connectivity index (χ1n) is 10.0. The molecule has 0 bridgehead atoms. The summed E-state index contributed by atoms with van der Waals surface area (Å²) in [6.07, 6.45) is 0. The molecule has 2 heterocycles. The molecule has 6 heteroatoms. The van der Waals surface area contributed by atoms with Gasteiger partial charge >= 0.3 is 0 Å². The second kappa shape index (κ2) is 7.59. The van der Waals surface area contributed by atoms with E-state index in [0.717, 1.165) is 6.54 Å². The first-order valence-corrected chi connectivity index (χ1v) is 10.0. The lowest BCUT2D eigenvalue weighted by molar-refractivity contribution is -0.0508. The Balaban J connectivity index is 1.54. The predicted octanol–water partition coefficient (Wildman–Crippen LogP) is 2.89. The topological polar surface area (TPSA) is 43.9 Å². The molecule has 2 aromatic rings. The van der Waals surface area contributed by atoms with Gasteiger partial charge < -0.3 is 9.80 Å². The lowest BCUT2D eigenvalue weighted by atomic mass is 9.92. The SMILES string of the molecule is CC1(C)CN(C(=O)c2ccccc2F)CC2CN(C(=O)c3ccccc3)CCN21. The van der Waals surface area contributed by atoms with Gasteiger partial charge in [0.15, 0.2) is 0 Å². The van der Waals surface area contributed by atoms with Crippen LogP contribution in [0.25, 0.3) is 0 Å². The molecule has 0 aliphatic carbocycles. The number of halogens is 1. The first kappa shape index (κ1) is 19.6. The number of piperazine rings is 2. The zero-order valence-corrected chi connectivity index (χ0v) is 16.8. The molecular weight excluding hydrogens is 369 g/mol. The molecule has 29 heavy (non-hydrogen) atoms. The Morgan fingerprint density at radius 1 is 0.897 bits per heavy atom. The van der Waals surface area contributed by atoms with Gasteiger partial charge in [0.2, 0.25) is 0 Å². The van der Waals surface area contributed by atoms with Crippen LogP contribution in [0.5, 0.6) is 0 Å². The minimum atomic E-state index is -0.498. The van der Waals surface area contributed by atoms with Gasteiger partial charge in [-0.15, -0.1) is 0 Å². The zero-order chi connectivity index (χ0) is 20.6. The standard InChI is InChI=1S/C23H26FN3O2/c1-23(2)16-26(22(29)19-10-6-7-11-20(19)24)15-18-14-25(12-13-27(18)23)21(28)17-8-4-3-5-9-17/h3-11,18H,12-16H2,1-2H3. The fourth-order valence-corrected chi connectivity index (χ4v) is 4.59. The van der Waals surface area contributed by atoms with Crippen LogP contribution in [0.4, 0.5) is 4.39 Å². The van der Waals surface area contributed by atoms with E-state index in [4.69, 9.17) is 0 Å². The van der Waals surface area contributed by atoms with Gasteiger partial charge in [-0.25, -0.2) is 4.39 Å². The summed E-state index contributed by atoms with van der Waals surface area (Å²) in [5.74, 6) is -0.773. The molecule has 0 aromatic heterocycles. The molecule has 152 valence electrons. The number of rotatable bonds is 2. The number of amides is 2. The van der Waals surface area contributed by atoms with Gasteiger partial charge in [-0.1, -0.05) is 30.3 Å². The van der Waals surface area contributed by atoms with Crippen molar-refractivity contribution in [1.29, 1.82) is 0 Å². The Hall–Kier alpha value is -2.73. The van der Waals surface area contributed by atoms with Crippen molar-refractivity contribution < 1.29 is 14.0 Å². The third kappa shape index (κ3) is 3.77. The largest absolute Gasteiger partial charge is 0.336 e. The molecule has 0 saturated carbocycles. The van der Waals surface area contributed by atoms with Crippen molar-refractivity contribution in [2.24, 2.45) is 0 Å². The number of benzene rings is 2. The Morgan fingerprint density at radius 2 is 1.55 bits per heavy atom. The van der Waals surface area contributed by atoms with E-state index in [9.17, 15) is 14.0 Å². The lowest BCUT2D eigenvalue weighted by Crippen LogP contribution is -2.70. The van der Waals surface area contributed by atoms with Crippen LogP contribution in [0.15, 0.2) is 54.6 Å². The van der Waals surface area contributed by atoms with E-state index in [1.165, 1.54) is 12.1 Å². The highest BCUT2D eigenvalue weighted by Gasteiger charge is 2.44. The monoisotopic (exact) mass is 395 g/mol. The highest BCUT2D eigenvalue weighted by Crippen LogP contribution is 2.29. The maximum Gasteiger partial charge on any atom is 0.256 e. The van der Waals surface area contributed by atoms with Crippen LogP contribution in [0.3, 0.4) is 0 Å². The second-order valence-corrected chi connectivity index (χ2v) is 8.44. The van der Waals surface area contributed by atoms with E-state index in [-0.39, 0.29) is 29.0 Å². The van der Waals surface area contributed by atoms with Gasteiger partial charge in [-0.3, -0.25) is 14.5 Å². The Bertz CT molecular complexity index is 915. The van der Waals surface area contributed by atoms with Gasteiger partial charge in [-0.05, 0) is 38.1 Å². The summed E-state index contributed by atoms with van der Waals surface area (Å²) in [4.78, 5) is 31.9. The van der Waals surface area contributed by atoms with Gasteiger partial charge in [0.25, 0.3) is 11.8 Å². The smallest absolute Gasteiger partial charge is 0.256 e. The van der Waals surface area contributed by atoms with E-state index in [2.05, 4.69) is 18.7 Å². The van der Waals surface area contributed by atoms with Crippen LogP contribution >= 0.6 is 0 Å². The average molecular weight is 395 g/mol. The Morgan fingerprint density at radius 3 is 2.28 bits per heavy atom. The second-order valence-electron chi connectivity index (χ2n) is 8.44. The minimum absolute atomic E-state index is 0.0145. The molecule has 2 amide bonds. The van der Waals surface area contributed by atoms with Crippen molar-refractivity contribution in [2.45, 2.75) is 25.4 Å². The Labute approximate surface area is 170 Å². The maximum atomic E-state index is 14.2. The maximum absolute atomic E-state index is 14.2. The van der Waals surface area contributed by atoms with Crippen molar-refractivity contribution in [3.63, 3.8) is 0 Å². The molecule has 1 atom stereocenters. The van der Waals surface area contributed by atoms with Crippen LogP contribution in [0.2, 0.25) is 0 Å². The molecule has 1 unspecified atom stereocenters. The fourth-order valence-electron chi connectivity index (χ4n) is 4.59. The minimum Gasteiger partial charge on any atom is -0.336 e. The summed E-state index contributed by atoms with van der Waals surface area (Å²) in [6, 6.07) is 15.4. The fraction of sp³-hybridized carbons (Fsp3) is 0.391. The van der Waals surface area contributed by atoms with E-state index in [0.29, 0.717) is 31.7 Å². The van der Waals surface area contributed by atoms with Gasteiger partial charge in [0, 0.05) is 49.9 Å². The average Bonchev–Trinajstić information content (AvgIpc) is 2.72. The summed E-state index contributed by atoms with van der Waals surface area (Å²) in [5.41, 5.74) is 0.534. The summed E-state index contributed by atoms with van der Waals surface area (Å²) < 4.78 is 14.2. The molecule has 0 radical (unpaired) electrons. The zero-order valence-electron chi connectivity index (χ0n) is 16.8. The summed E-state index contributed by atoms with van der Waals surface area (Å²) in [6.45, 7) is 7.20. The third-order valence-corrected chi connectivity index (χ3v) is 5.97. The van der Waals surface area contributed by atoms with Gasteiger partial charge in [0.1, 0.15) is 5.82 Å². The van der Waals surface area contributed by atoms with Crippen molar-refractivity contribution in [3.8, 4) is 0 Å². The summed E-state index contributed by atoms with van der Waals surface area (Å²) in [5, 5.41) is 0. The summed E-state index contributed by atoms with van der Waals surface area (Å²) in [7, 11) is 0. The lowest BCUT2D eigenvalue weighted by Gasteiger charge is -2.55. The van der Waals surface area contributed by atoms with Crippen LogP contribution in [-0.2, 0) is 0 Å². The van der Waals surface area contributed by atoms with Crippen LogP contribution in [0, 0.1) is 5.82 Å². The molecule has 2 fully saturated rings. The van der Waals surface area contributed by atoms with E-state index in [1.54, 1.807) is 17.0 Å². The number of carbonyl (C=O) groups excluding carboxylic acids is 2. The molecule has 2 aliphatic heterocycles. The van der Waals surface area contributed by atoms with Crippen molar-refractivity contribution in [2.75, 3.05) is 32.7 Å². The predicted molar refractivity (Wildman–Crippen MR) is 109 cm³/mol. The van der Waals surface area contributed by atoms with Crippen LogP contribution in [-0.4, -0.2) is 70.8 Å². The number of nitrogens with zero attached hydrogens (tertiary/aromatic N) is 3. The molecule has 2 saturated heterocycles. The molecule has 4 rings (SSSR count).